The zero-order valence-electron chi connectivity index (χ0n) is 8.84. The molecule has 0 saturated heterocycles. The molecule has 0 aliphatic carbocycles. The minimum absolute atomic E-state index is 0.267. The van der Waals surface area contributed by atoms with E-state index in [9.17, 15) is 13.2 Å². The van der Waals surface area contributed by atoms with Crippen molar-refractivity contribution in [3.05, 3.63) is 29.6 Å². The van der Waals surface area contributed by atoms with Crippen molar-refractivity contribution in [2.75, 3.05) is 5.73 Å². The Labute approximate surface area is 94.7 Å². The van der Waals surface area contributed by atoms with E-state index in [1.54, 1.807) is 0 Å². The van der Waals surface area contributed by atoms with Crippen molar-refractivity contribution in [1.29, 1.82) is 0 Å². The monoisotopic (exact) mass is 242 g/mol. The fraction of sp³-hybridized carbons (Fsp3) is 0.200. The number of nitrogens with one attached hydrogen (secondary N) is 1. The molecule has 0 atom stereocenters. The summed E-state index contributed by atoms with van der Waals surface area (Å²) in [5.41, 5.74) is 5.87. The molecule has 0 spiro atoms. The van der Waals surface area contributed by atoms with Crippen molar-refractivity contribution in [3.8, 4) is 11.3 Å². The summed E-state index contributed by atoms with van der Waals surface area (Å²) in [6.07, 6.45) is -4.43. The standard InChI is InChI=1S/C10H9F3N4/c1-5-6(7-4-9(14)17-16-7)2-3-8(15-5)10(11,12)13/h2-4H,1H3,(H3,14,16,17). The van der Waals surface area contributed by atoms with Crippen molar-refractivity contribution in [3.63, 3.8) is 0 Å². The van der Waals surface area contributed by atoms with E-state index < -0.39 is 11.9 Å². The first-order valence-corrected chi connectivity index (χ1v) is 4.74. The van der Waals surface area contributed by atoms with E-state index in [0.29, 0.717) is 11.3 Å². The number of aromatic nitrogens is 3. The minimum Gasteiger partial charge on any atom is -0.382 e. The van der Waals surface area contributed by atoms with Gasteiger partial charge in [-0.1, -0.05) is 0 Å². The smallest absolute Gasteiger partial charge is 0.382 e. The number of rotatable bonds is 1. The van der Waals surface area contributed by atoms with Crippen LogP contribution in [0.3, 0.4) is 0 Å². The second-order valence-electron chi connectivity index (χ2n) is 3.53. The van der Waals surface area contributed by atoms with Gasteiger partial charge in [-0.3, -0.25) is 5.10 Å². The Morgan fingerprint density at radius 1 is 1.29 bits per heavy atom. The van der Waals surface area contributed by atoms with Gasteiger partial charge in [0.25, 0.3) is 0 Å². The van der Waals surface area contributed by atoms with Crippen molar-refractivity contribution >= 4 is 5.82 Å². The van der Waals surface area contributed by atoms with Crippen LogP contribution in [0.5, 0.6) is 0 Å². The Hall–Kier alpha value is -2.05. The van der Waals surface area contributed by atoms with Crippen molar-refractivity contribution < 1.29 is 13.2 Å². The molecule has 90 valence electrons. The average Bonchev–Trinajstić information content (AvgIpc) is 2.63. The molecule has 0 saturated carbocycles. The Morgan fingerprint density at radius 3 is 2.47 bits per heavy atom. The molecule has 4 nitrogen and oxygen atoms in total. The second-order valence-corrected chi connectivity index (χ2v) is 3.53. The predicted molar refractivity (Wildman–Crippen MR) is 56.0 cm³/mol. The third-order valence-corrected chi connectivity index (χ3v) is 2.26. The number of hydrogen-bond donors (Lipinski definition) is 2. The lowest BCUT2D eigenvalue weighted by atomic mass is 10.1. The minimum atomic E-state index is -4.43. The number of nitrogen functional groups attached to an aromatic ring is 1. The lowest BCUT2D eigenvalue weighted by Gasteiger charge is -2.08. The van der Waals surface area contributed by atoms with Crippen molar-refractivity contribution in [2.45, 2.75) is 13.1 Å². The molecule has 0 fully saturated rings. The van der Waals surface area contributed by atoms with Crippen LogP contribution in [0.2, 0.25) is 0 Å². The summed E-state index contributed by atoms with van der Waals surface area (Å²) in [5.74, 6) is 0.277. The number of pyridine rings is 1. The summed E-state index contributed by atoms with van der Waals surface area (Å²) in [6, 6.07) is 3.81. The Bertz CT molecular complexity index is 545. The van der Waals surface area contributed by atoms with E-state index in [1.807, 2.05) is 0 Å². The van der Waals surface area contributed by atoms with Gasteiger partial charge >= 0.3 is 6.18 Å². The lowest BCUT2D eigenvalue weighted by molar-refractivity contribution is -0.141. The fourth-order valence-corrected chi connectivity index (χ4v) is 1.48. The van der Waals surface area contributed by atoms with Crippen LogP contribution in [0, 0.1) is 6.92 Å². The molecule has 2 aromatic rings. The van der Waals surface area contributed by atoms with Crippen LogP contribution in [0.1, 0.15) is 11.4 Å². The van der Waals surface area contributed by atoms with Crippen LogP contribution in [-0.2, 0) is 6.18 Å². The Balaban J connectivity index is 2.45. The van der Waals surface area contributed by atoms with Crippen molar-refractivity contribution in [1.82, 2.24) is 15.2 Å². The van der Waals surface area contributed by atoms with Gasteiger partial charge in [0.15, 0.2) is 0 Å². The first-order chi connectivity index (χ1) is 7.88. The molecular formula is C10H9F3N4. The van der Waals surface area contributed by atoms with Gasteiger partial charge in [-0.15, -0.1) is 0 Å². The zero-order chi connectivity index (χ0) is 12.6. The highest BCUT2D eigenvalue weighted by atomic mass is 19.4. The van der Waals surface area contributed by atoms with E-state index in [-0.39, 0.29) is 11.5 Å². The summed E-state index contributed by atoms with van der Waals surface area (Å²) in [5, 5.41) is 6.33. The average molecular weight is 242 g/mol. The van der Waals surface area contributed by atoms with Gasteiger partial charge < -0.3 is 5.73 Å². The molecule has 2 aromatic heterocycles. The number of halogens is 3. The van der Waals surface area contributed by atoms with Crippen LogP contribution in [0.4, 0.5) is 19.0 Å². The summed E-state index contributed by atoms with van der Waals surface area (Å²) < 4.78 is 37.2. The second kappa shape index (κ2) is 3.76. The quantitative estimate of drug-likeness (QED) is 0.806. The van der Waals surface area contributed by atoms with Crippen LogP contribution in [-0.4, -0.2) is 15.2 Å². The first kappa shape index (κ1) is 11.4. The Morgan fingerprint density at radius 2 is 2.00 bits per heavy atom. The molecule has 0 aliphatic heterocycles. The van der Waals surface area contributed by atoms with E-state index in [0.717, 1.165) is 6.07 Å². The molecule has 0 aromatic carbocycles. The number of hydrogen-bond acceptors (Lipinski definition) is 3. The summed E-state index contributed by atoms with van der Waals surface area (Å²) in [6.45, 7) is 1.50. The van der Waals surface area contributed by atoms with E-state index in [2.05, 4.69) is 15.2 Å². The lowest BCUT2D eigenvalue weighted by Crippen LogP contribution is -2.08. The number of aromatic amines is 1. The molecule has 0 radical (unpaired) electrons. The zero-order valence-corrected chi connectivity index (χ0v) is 8.84. The van der Waals surface area contributed by atoms with Crippen LogP contribution >= 0.6 is 0 Å². The van der Waals surface area contributed by atoms with Crippen LogP contribution < -0.4 is 5.73 Å². The fourth-order valence-electron chi connectivity index (χ4n) is 1.48. The third-order valence-electron chi connectivity index (χ3n) is 2.26. The van der Waals surface area contributed by atoms with Crippen molar-refractivity contribution in [2.24, 2.45) is 0 Å². The predicted octanol–water partition coefficient (Wildman–Crippen LogP) is 2.38. The molecule has 3 N–H and O–H groups in total. The highest BCUT2D eigenvalue weighted by molar-refractivity contribution is 5.64. The van der Waals surface area contributed by atoms with Gasteiger partial charge in [0, 0.05) is 17.3 Å². The highest BCUT2D eigenvalue weighted by Gasteiger charge is 2.32. The third kappa shape index (κ3) is 2.22. The van der Waals surface area contributed by atoms with Gasteiger partial charge in [-0.05, 0) is 19.1 Å². The molecule has 0 amide bonds. The van der Waals surface area contributed by atoms with Gasteiger partial charge in [-0.25, -0.2) is 4.98 Å². The Kier molecular flexibility index (Phi) is 2.53. The SMILES string of the molecule is Cc1nc(C(F)(F)F)ccc1-c1cc(N)n[nH]1. The molecular weight excluding hydrogens is 233 g/mol. The normalized spacial score (nSPS) is 11.8. The van der Waals surface area contributed by atoms with Crippen LogP contribution in [0.15, 0.2) is 18.2 Å². The maximum atomic E-state index is 12.4. The van der Waals surface area contributed by atoms with Gasteiger partial charge in [-0.2, -0.15) is 18.3 Å². The van der Waals surface area contributed by atoms with E-state index >= 15 is 0 Å². The van der Waals surface area contributed by atoms with Gasteiger partial charge in [0.1, 0.15) is 11.5 Å². The van der Waals surface area contributed by atoms with Gasteiger partial charge in [0.05, 0.1) is 5.69 Å². The topological polar surface area (TPSA) is 67.6 Å². The largest absolute Gasteiger partial charge is 0.433 e. The molecule has 2 heterocycles. The molecule has 7 heteroatoms. The summed E-state index contributed by atoms with van der Waals surface area (Å²) >= 11 is 0. The summed E-state index contributed by atoms with van der Waals surface area (Å²) in [7, 11) is 0. The number of nitrogens with zero attached hydrogens (tertiary/aromatic N) is 2. The number of H-pyrrole nitrogens is 1. The number of alkyl halides is 3. The number of anilines is 1. The molecule has 0 aliphatic rings. The molecule has 2 rings (SSSR count). The maximum Gasteiger partial charge on any atom is 0.433 e. The summed E-state index contributed by atoms with van der Waals surface area (Å²) in [4.78, 5) is 3.52. The molecule has 0 bridgehead atoms. The molecule has 0 unspecified atom stereocenters. The highest BCUT2D eigenvalue weighted by Crippen LogP contribution is 2.30. The van der Waals surface area contributed by atoms with E-state index in [1.165, 1.54) is 19.1 Å². The van der Waals surface area contributed by atoms with Gasteiger partial charge in [0.2, 0.25) is 0 Å². The number of nitrogens with two attached hydrogens (primary N) is 1. The molecule has 17 heavy (non-hydrogen) atoms. The van der Waals surface area contributed by atoms with E-state index in [4.69, 9.17) is 5.73 Å². The number of aryl methyl sites for hydroxylation is 1. The van der Waals surface area contributed by atoms with Crippen LogP contribution in [0.25, 0.3) is 11.3 Å². The maximum absolute atomic E-state index is 12.4. The first-order valence-electron chi connectivity index (χ1n) is 4.74.